The van der Waals surface area contributed by atoms with Crippen LogP contribution in [0.1, 0.15) is 39.7 Å². The zero-order valence-corrected chi connectivity index (χ0v) is 14.3. The monoisotopic (exact) mass is 327 g/mol. The fourth-order valence-corrected chi connectivity index (χ4v) is 2.39. The number of hydrogen-bond donors (Lipinski definition) is 1. The normalized spacial score (nSPS) is 11.9. The van der Waals surface area contributed by atoms with Gasteiger partial charge in [0.25, 0.3) is 0 Å². The van der Waals surface area contributed by atoms with E-state index in [1.54, 1.807) is 7.11 Å². The smallest absolute Gasteiger partial charge is 0.122 e. The highest BCUT2D eigenvalue weighted by atomic mass is 79.9. The second kappa shape index (κ2) is 7.30. The van der Waals surface area contributed by atoms with E-state index in [0.29, 0.717) is 6.04 Å². The van der Waals surface area contributed by atoms with Crippen LogP contribution in [-0.2, 0) is 6.42 Å². The first-order chi connectivity index (χ1) is 8.84. The molecule has 0 saturated heterocycles. The minimum absolute atomic E-state index is 0.289. The molecule has 1 N–H and O–H groups in total. The molecule has 1 rings (SSSR count). The van der Waals surface area contributed by atoms with Crippen molar-refractivity contribution < 1.29 is 4.74 Å². The topological polar surface area (TPSA) is 21.3 Å². The van der Waals surface area contributed by atoms with Crippen LogP contribution in [0.2, 0.25) is 0 Å². The van der Waals surface area contributed by atoms with Gasteiger partial charge in [0.05, 0.1) is 7.11 Å². The predicted octanol–water partition coefficient (Wildman–Crippen LogP) is 4.41. The zero-order valence-electron chi connectivity index (χ0n) is 12.7. The molecule has 0 atom stereocenters. The van der Waals surface area contributed by atoms with E-state index in [-0.39, 0.29) is 5.41 Å². The molecule has 3 heteroatoms. The maximum Gasteiger partial charge on any atom is 0.122 e. The fourth-order valence-electron chi connectivity index (χ4n) is 1.98. The number of hydrogen-bond acceptors (Lipinski definition) is 2. The van der Waals surface area contributed by atoms with Gasteiger partial charge >= 0.3 is 0 Å². The highest BCUT2D eigenvalue weighted by Gasteiger charge is 2.18. The molecule has 0 radical (unpaired) electrons. The SMILES string of the molecule is COc1ccc(Br)cc1CCC(C)(C)CNC(C)C. The van der Waals surface area contributed by atoms with Gasteiger partial charge in [-0.3, -0.25) is 0 Å². The summed E-state index contributed by atoms with van der Waals surface area (Å²) in [6, 6.07) is 6.75. The van der Waals surface area contributed by atoms with Crippen molar-refractivity contribution in [1.82, 2.24) is 5.32 Å². The summed E-state index contributed by atoms with van der Waals surface area (Å²) in [6.45, 7) is 10.0. The maximum absolute atomic E-state index is 5.43. The van der Waals surface area contributed by atoms with E-state index in [0.717, 1.165) is 29.6 Å². The molecule has 0 saturated carbocycles. The Morgan fingerprint density at radius 1 is 1.32 bits per heavy atom. The Labute approximate surface area is 126 Å². The molecular weight excluding hydrogens is 302 g/mol. The first-order valence-corrected chi connectivity index (χ1v) is 7.69. The van der Waals surface area contributed by atoms with Gasteiger partial charge in [0.1, 0.15) is 5.75 Å². The summed E-state index contributed by atoms with van der Waals surface area (Å²) < 4.78 is 6.54. The molecule has 19 heavy (non-hydrogen) atoms. The van der Waals surface area contributed by atoms with Gasteiger partial charge < -0.3 is 10.1 Å². The largest absolute Gasteiger partial charge is 0.496 e. The predicted molar refractivity (Wildman–Crippen MR) is 85.9 cm³/mol. The van der Waals surface area contributed by atoms with Crippen LogP contribution in [0, 0.1) is 5.41 Å². The van der Waals surface area contributed by atoms with E-state index >= 15 is 0 Å². The number of nitrogens with one attached hydrogen (secondary N) is 1. The molecule has 0 unspecified atom stereocenters. The summed E-state index contributed by atoms with van der Waals surface area (Å²) in [4.78, 5) is 0. The van der Waals surface area contributed by atoms with E-state index in [2.05, 4.69) is 55.0 Å². The minimum atomic E-state index is 0.289. The molecule has 0 heterocycles. The van der Waals surface area contributed by atoms with Crippen molar-refractivity contribution in [2.75, 3.05) is 13.7 Å². The van der Waals surface area contributed by atoms with Gasteiger partial charge in [-0.05, 0) is 42.0 Å². The van der Waals surface area contributed by atoms with Gasteiger partial charge in [-0.2, -0.15) is 0 Å². The van der Waals surface area contributed by atoms with E-state index in [9.17, 15) is 0 Å². The number of rotatable bonds is 7. The van der Waals surface area contributed by atoms with E-state index in [1.165, 1.54) is 5.56 Å². The lowest BCUT2D eigenvalue weighted by atomic mass is 9.86. The number of halogens is 1. The Bertz CT molecular complexity index is 402. The van der Waals surface area contributed by atoms with Gasteiger partial charge in [0.15, 0.2) is 0 Å². The Balaban J connectivity index is 2.62. The highest BCUT2D eigenvalue weighted by Crippen LogP contribution is 2.28. The summed E-state index contributed by atoms with van der Waals surface area (Å²) in [5.41, 5.74) is 1.56. The Hall–Kier alpha value is -0.540. The molecule has 0 aromatic heterocycles. The van der Waals surface area contributed by atoms with Crippen LogP contribution in [0.4, 0.5) is 0 Å². The first kappa shape index (κ1) is 16.5. The van der Waals surface area contributed by atoms with Crippen molar-refractivity contribution in [3.63, 3.8) is 0 Å². The second-order valence-corrected chi connectivity index (χ2v) is 7.07. The molecule has 108 valence electrons. The number of methoxy groups -OCH3 is 1. The lowest BCUT2D eigenvalue weighted by molar-refractivity contribution is 0.302. The van der Waals surface area contributed by atoms with E-state index in [1.807, 2.05) is 12.1 Å². The molecule has 0 spiro atoms. The average Bonchev–Trinajstić information content (AvgIpc) is 2.34. The maximum atomic E-state index is 5.43. The van der Waals surface area contributed by atoms with Gasteiger partial charge in [0, 0.05) is 17.1 Å². The standard InChI is InChI=1S/C16H26BrNO/c1-12(2)18-11-16(3,4)9-8-13-10-14(17)6-7-15(13)19-5/h6-7,10,12,18H,8-9,11H2,1-5H3. The lowest BCUT2D eigenvalue weighted by Gasteiger charge is -2.26. The zero-order chi connectivity index (χ0) is 14.5. The van der Waals surface area contributed by atoms with Crippen LogP contribution < -0.4 is 10.1 Å². The molecule has 1 aromatic carbocycles. The summed E-state index contributed by atoms with van der Waals surface area (Å²) in [7, 11) is 1.73. The molecule has 2 nitrogen and oxygen atoms in total. The third-order valence-electron chi connectivity index (χ3n) is 3.30. The Morgan fingerprint density at radius 3 is 2.58 bits per heavy atom. The van der Waals surface area contributed by atoms with Gasteiger partial charge in [-0.15, -0.1) is 0 Å². The van der Waals surface area contributed by atoms with Crippen LogP contribution in [0.5, 0.6) is 5.75 Å². The summed E-state index contributed by atoms with van der Waals surface area (Å²) >= 11 is 3.53. The molecule has 1 aromatic rings. The molecule has 0 aliphatic carbocycles. The van der Waals surface area contributed by atoms with E-state index in [4.69, 9.17) is 4.74 Å². The van der Waals surface area contributed by atoms with Gasteiger partial charge in [-0.25, -0.2) is 0 Å². The van der Waals surface area contributed by atoms with Crippen molar-refractivity contribution in [1.29, 1.82) is 0 Å². The molecule has 0 aliphatic heterocycles. The van der Waals surface area contributed by atoms with Crippen LogP contribution in [0.3, 0.4) is 0 Å². The highest BCUT2D eigenvalue weighted by molar-refractivity contribution is 9.10. The molecule has 0 amide bonds. The van der Waals surface area contributed by atoms with E-state index < -0.39 is 0 Å². The molecule has 0 bridgehead atoms. The molecule has 0 aliphatic rings. The summed E-state index contributed by atoms with van der Waals surface area (Å²) in [6.07, 6.45) is 2.18. The van der Waals surface area contributed by atoms with Crippen LogP contribution >= 0.6 is 15.9 Å². The van der Waals surface area contributed by atoms with Crippen LogP contribution in [-0.4, -0.2) is 19.7 Å². The van der Waals surface area contributed by atoms with Crippen molar-refractivity contribution in [2.45, 2.75) is 46.6 Å². The molecular formula is C16H26BrNO. The summed E-state index contributed by atoms with van der Waals surface area (Å²) in [5.74, 6) is 0.982. The average molecular weight is 328 g/mol. The van der Waals surface area contributed by atoms with Crippen LogP contribution in [0.15, 0.2) is 22.7 Å². The first-order valence-electron chi connectivity index (χ1n) is 6.90. The second-order valence-electron chi connectivity index (χ2n) is 6.16. The Morgan fingerprint density at radius 2 is 2.00 bits per heavy atom. The van der Waals surface area contributed by atoms with Crippen molar-refractivity contribution in [2.24, 2.45) is 5.41 Å². The summed E-state index contributed by atoms with van der Waals surface area (Å²) in [5, 5.41) is 3.52. The third kappa shape index (κ3) is 5.96. The number of ether oxygens (including phenoxy) is 1. The number of benzene rings is 1. The Kier molecular flexibility index (Phi) is 6.34. The van der Waals surface area contributed by atoms with Crippen molar-refractivity contribution in [3.8, 4) is 5.75 Å². The molecule has 0 fully saturated rings. The third-order valence-corrected chi connectivity index (χ3v) is 3.80. The quantitative estimate of drug-likeness (QED) is 0.800. The van der Waals surface area contributed by atoms with Crippen LogP contribution in [0.25, 0.3) is 0 Å². The van der Waals surface area contributed by atoms with Crippen molar-refractivity contribution >= 4 is 15.9 Å². The van der Waals surface area contributed by atoms with Gasteiger partial charge in [-0.1, -0.05) is 43.6 Å². The number of aryl methyl sites for hydroxylation is 1. The van der Waals surface area contributed by atoms with Gasteiger partial charge in [0.2, 0.25) is 0 Å². The van der Waals surface area contributed by atoms with Crippen molar-refractivity contribution in [3.05, 3.63) is 28.2 Å². The lowest BCUT2D eigenvalue weighted by Crippen LogP contribution is -2.34. The fraction of sp³-hybridized carbons (Fsp3) is 0.625. The minimum Gasteiger partial charge on any atom is -0.496 e.